The second kappa shape index (κ2) is 5.88. The number of phenolic OH excluding ortho intramolecular Hbond substituents is 1. The molecule has 1 aromatic heterocycles. The summed E-state index contributed by atoms with van der Waals surface area (Å²) in [6.45, 7) is 0. The maximum Gasteiger partial charge on any atom is 0.262 e. The number of benzene rings is 2. The van der Waals surface area contributed by atoms with Crippen LogP contribution in [-0.2, 0) is 0 Å². The topological polar surface area (TPSA) is 67.2 Å². The van der Waals surface area contributed by atoms with Gasteiger partial charge < -0.3 is 10.4 Å². The summed E-state index contributed by atoms with van der Waals surface area (Å²) < 4.78 is 28.2. The molecule has 0 radical (unpaired) electrons. The first-order chi connectivity index (χ1) is 11.0. The number of carbonyl (C=O) groups is 1. The SMILES string of the molecule is O=C(Nc1ccc(-n2cccn2)cc1)c1c(O)cc(F)cc1F. The highest BCUT2D eigenvalue weighted by Crippen LogP contribution is 2.23. The zero-order chi connectivity index (χ0) is 16.4. The standard InChI is InChI=1S/C16H11F2N3O2/c17-10-8-13(18)15(14(22)9-10)16(23)20-11-2-4-12(5-3-11)21-7-1-6-19-21/h1-9,22H,(H,20,23). The van der Waals surface area contributed by atoms with Gasteiger partial charge in [-0.3, -0.25) is 4.79 Å². The molecule has 0 spiro atoms. The largest absolute Gasteiger partial charge is 0.507 e. The number of hydrogen-bond donors (Lipinski definition) is 2. The molecule has 0 aliphatic carbocycles. The summed E-state index contributed by atoms with van der Waals surface area (Å²) in [5, 5.41) is 16.0. The number of nitrogens with zero attached hydrogens (tertiary/aromatic N) is 2. The van der Waals surface area contributed by atoms with E-state index >= 15 is 0 Å². The number of carbonyl (C=O) groups excluding carboxylic acids is 1. The Hall–Kier alpha value is -3.22. The lowest BCUT2D eigenvalue weighted by Crippen LogP contribution is -2.14. The molecule has 7 heteroatoms. The Morgan fingerprint density at radius 2 is 1.91 bits per heavy atom. The van der Waals surface area contributed by atoms with Crippen molar-refractivity contribution in [3.8, 4) is 11.4 Å². The van der Waals surface area contributed by atoms with E-state index in [0.717, 1.165) is 5.69 Å². The first kappa shape index (κ1) is 14.7. The molecule has 0 saturated carbocycles. The van der Waals surface area contributed by atoms with Crippen LogP contribution in [-0.4, -0.2) is 20.8 Å². The highest BCUT2D eigenvalue weighted by atomic mass is 19.1. The number of amides is 1. The third-order valence-corrected chi connectivity index (χ3v) is 3.16. The van der Waals surface area contributed by atoms with E-state index < -0.39 is 28.9 Å². The first-order valence-electron chi connectivity index (χ1n) is 6.64. The maximum absolute atomic E-state index is 13.6. The van der Waals surface area contributed by atoms with Crippen molar-refractivity contribution in [3.63, 3.8) is 0 Å². The van der Waals surface area contributed by atoms with E-state index in [2.05, 4.69) is 10.4 Å². The number of aromatic nitrogens is 2. The molecule has 5 nitrogen and oxygen atoms in total. The van der Waals surface area contributed by atoms with E-state index in [1.165, 1.54) is 0 Å². The molecule has 0 unspecified atom stereocenters. The zero-order valence-corrected chi connectivity index (χ0v) is 11.7. The Morgan fingerprint density at radius 1 is 1.17 bits per heavy atom. The molecule has 0 saturated heterocycles. The molecule has 2 N–H and O–H groups in total. The zero-order valence-electron chi connectivity index (χ0n) is 11.7. The van der Waals surface area contributed by atoms with Crippen molar-refractivity contribution in [3.05, 3.63) is 72.1 Å². The molecule has 0 aliphatic heterocycles. The molecular weight excluding hydrogens is 304 g/mol. The summed E-state index contributed by atoms with van der Waals surface area (Å²) in [4.78, 5) is 12.0. The van der Waals surface area contributed by atoms with Crippen molar-refractivity contribution in [2.45, 2.75) is 0 Å². The third kappa shape index (κ3) is 3.03. The van der Waals surface area contributed by atoms with Crippen LogP contribution in [0.3, 0.4) is 0 Å². The van der Waals surface area contributed by atoms with Gasteiger partial charge in [0, 0.05) is 30.2 Å². The Labute approximate surface area is 129 Å². The minimum atomic E-state index is -1.13. The van der Waals surface area contributed by atoms with Crippen molar-refractivity contribution in [1.29, 1.82) is 0 Å². The number of nitrogens with one attached hydrogen (secondary N) is 1. The van der Waals surface area contributed by atoms with Gasteiger partial charge in [-0.2, -0.15) is 5.10 Å². The van der Waals surface area contributed by atoms with Crippen LogP contribution in [0.5, 0.6) is 5.75 Å². The Balaban J connectivity index is 1.81. The molecule has 2 aromatic carbocycles. The molecule has 0 fully saturated rings. The van der Waals surface area contributed by atoms with Crippen LogP contribution < -0.4 is 5.32 Å². The fraction of sp³-hybridized carbons (Fsp3) is 0. The quantitative estimate of drug-likeness (QED) is 0.780. The van der Waals surface area contributed by atoms with E-state index in [4.69, 9.17) is 0 Å². The van der Waals surface area contributed by atoms with Crippen LogP contribution in [0.25, 0.3) is 5.69 Å². The number of phenols is 1. The van der Waals surface area contributed by atoms with Crippen LogP contribution >= 0.6 is 0 Å². The number of aromatic hydroxyl groups is 1. The van der Waals surface area contributed by atoms with E-state index in [9.17, 15) is 18.7 Å². The fourth-order valence-electron chi connectivity index (χ4n) is 2.10. The fourth-order valence-corrected chi connectivity index (χ4v) is 2.10. The van der Waals surface area contributed by atoms with Gasteiger partial charge in [0.05, 0.1) is 5.69 Å². The highest BCUT2D eigenvalue weighted by Gasteiger charge is 2.18. The molecule has 1 heterocycles. The summed E-state index contributed by atoms with van der Waals surface area (Å²) >= 11 is 0. The normalized spacial score (nSPS) is 10.5. The predicted octanol–water partition coefficient (Wildman–Crippen LogP) is 3.11. The van der Waals surface area contributed by atoms with E-state index in [0.29, 0.717) is 17.8 Å². The lowest BCUT2D eigenvalue weighted by Gasteiger charge is -2.09. The summed E-state index contributed by atoms with van der Waals surface area (Å²) in [6.07, 6.45) is 3.40. The van der Waals surface area contributed by atoms with Crippen LogP contribution in [0.15, 0.2) is 54.9 Å². The molecule has 116 valence electrons. The Kier molecular flexibility index (Phi) is 3.76. The maximum atomic E-state index is 13.6. The van der Waals surface area contributed by atoms with Crippen molar-refractivity contribution in [1.82, 2.24) is 9.78 Å². The van der Waals surface area contributed by atoms with Crippen LogP contribution in [0.1, 0.15) is 10.4 Å². The lowest BCUT2D eigenvalue weighted by molar-refractivity contribution is 0.102. The van der Waals surface area contributed by atoms with E-state index in [1.54, 1.807) is 47.4 Å². The summed E-state index contributed by atoms with van der Waals surface area (Å²) in [5.74, 6) is -3.71. The van der Waals surface area contributed by atoms with E-state index in [1.807, 2.05) is 0 Å². The van der Waals surface area contributed by atoms with E-state index in [-0.39, 0.29) is 0 Å². The van der Waals surface area contributed by atoms with Crippen LogP contribution in [0, 0.1) is 11.6 Å². The number of anilines is 1. The second-order valence-corrected chi connectivity index (χ2v) is 4.73. The van der Waals surface area contributed by atoms with Gasteiger partial charge in [-0.15, -0.1) is 0 Å². The van der Waals surface area contributed by atoms with Gasteiger partial charge >= 0.3 is 0 Å². The first-order valence-corrected chi connectivity index (χ1v) is 6.64. The van der Waals surface area contributed by atoms with Crippen molar-refractivity contribution in [2.24, 2.45) is 0 Å². The second-order valence-electron chi connectivity index (χ2n) is 4.73. The minimum absolute atomic E-state index is 0.397. The van der Waals surface area contributed by atoms with Gasteiger partial charge in [0.15, 0.2) is 0 Å². The molecular formula is C16H11F2N3O2. The van der Waals surface area contributed by atoms with Crippen LogP contribution in [0.4, 0.5) is 14.5 Å². The monoisotopic (exact) mass is 315 g/mol. The molecule has 0 bridgehead atoms. The van der Waals surface area contributed by atoms with Crippen molar-refractivity contribution in [2.75, 3.05) is 5.32 Å². The lowest BCUT2D eigenvalue weighted by atomic mass is 10.1. The van der Waals surface area contributed by atoms with Gasteiger partial charge in [-0.05, 0) is 30.3 Å². The molecule has 23 heavy (non-hydrogen) atoms. The van der Waals surface area contributed by atoms with Crippen molar-refractivity contribution < 1.29 is 18.7 Å². The van der Waals surface area contributed by atoms with Crippen molar-refractivity contribution >= 4 is 11.6 Å². The number of hydrogen-bond acceptors (Lipinski definition) is 3. The Morgan fingerprint density at radius 3 is 2.52 bits per heavy atom. The number of rotatable bonds is 3. The molecule has 1 amide bonds. The van der Waals surface area contributed by atoms with Gasteiger partial charge in [-0.1, -0.05) is 0 Å². The summed E-state index contributed by atoms with van der Waals surface area (Å²) in [5.41, 5.74) is 0.570. The van der Waals surface area contributed by atoms with Gasteiger partial charge in [0.1, 0.15) is 22.9 Å². The molecule has 0 atom stereocenters. The summed E-state index contributed by atoms with van der Waals surface area (Å²) in [6, 6.07) is 9.62. The van der Waals surface area contributed by atoms with Crippen LogP contribution in [0.2, 0.25) is 0 Å². The van der Waals surface area contributed by atoms with Gasteiger partial charge in [0.2, 0.25) is 0 Å². The molecule has 3 aromatic rings. The predicted molar refractivity (Wildman–Crippen MR) is 79.5 cm³/mol. The number of halogens is 2. The molecule has 3 rings (SSSR count). The smallest absolute Gasteiger partial charge is 0.262 e. The average molecular weight is 315 g/mol. The molecule has 0 aliphatic rings. The van der Waals surface area contributed by atoms with Gasteiger partial charge in [0.25, 0.3) is 5.91 Å². The Bertz CT molecular complexity index is 823. The average Bonchev–Trinajstić information content (AvgIpc) is 3.01. The highest BCUT2D eigenvalue weighted by molar-refractivity contribution is 6.06. The third-order valence-electron chi connectivity index (χ3n) is 3.16. The van der Waals surface area contributed by atoms with Gasteiger partial charge in [-0.25, -0.2) is 13.5 Å². The minimum Gasteiger partial charge on any atom is -0.507 e. The summed E-state index contributed by atoms with van der Waals surface area (Å²) in [7, 11) is 0.